The van der Waals surface area contributed by atoms with E-state index in [0.29, 0.717) is 12.5 Å². The summed E-state index contributed by atoms with van der Waals surface area (Å²) in [7, 11) is 0. The molecule has 1 aliphatic rings. The van der Waals surface area contributed by atoms with Crippen LogP contribution >= 0.6 is 0 Å². The van der Waals surface area contributed by atoms with Gasteiger partial charge in [-0.2, -0.15) is 0 Å². The number of likely N-dealkylation sites (tertiary alicyclic amines) is 1. The van der Waals surface area contributed by atoms with Crippen molar-refractivity contribution in [3.8, 4) is 0 Å². The van der Waals surface area contributed by atoms with Crippen molar-refractivity contribution >= 4 is 11.8 Å². The first kappa shape index (κ1) is 15.0. The Kier molecular flexibility index (Phi) is 6.12. The van der Waals surface area contributed by atoms with Crippen LogP contribution in [0.1, 0.15) is 33.6 Å². The maximum absolute atomic E-state index is 11.7. The van der Waals surface area contributed by atoms with Gasteiger partial charge in [0.15, 0.2) is 6.54 Å². The average Bonchev–Trinajstić information content (AvgIpc) is 2.25. The Morgan fingerprint density at radius 1 is 1.33 bits per heavy atom. The first-order valence-electron chi connectivity index (χ1n) is 6.87. The van der Waals surface area contributed by atoms with Gasteiger partial charge in [-0.1, -0.05) is 6.92 Å². The Morgan fingerprint density at radius 2 is 2.06 bits per heavy atom. The predicted molar refractivity (Wildman–Crippen MR) is 70.3 cm³/mol. The van der Waals surface area contributed by atoms with Crippen LogP contribution in [-0.2, 0) is 9.59 Å². The summed E-state index contributed by atoms with van der Waals surface area (Å²) in [6.45, 7) is 8.73. The third-order valence-corrected chi connectivity index (χ3v) is 3.17. The molecule has 1 aliphatic heterocycles. The van der Waals surface area contributed by atoms with Crippen LogP contribution < -0.4 is 15.5 Å². The minimum atomic E-state index is -0.125. The summed E-state index contributed by atoms with van der Waals surface area (Å²) in [6.07, 6.45) is 2.46. The molecule has 5 heteroatoms. The molecule has 1 fully saturated rings. The van der Waals surface area contributed by atoms with Crippen molar-refractivity contribution in [3.05, 3.63) is 0 Å². The molecule has 0 saturated carbocycles. The highest BCUT2D eigenvalue weighted by molar-refractivity contribution is 5.85. The van der Waals surface area contributed by atoms with E-state index < -0.39 is 0 Å². The lowest BCUT2D eigenvalue weighted by Crippen LogP contribution is -3.14. The van der Waals surface area contributed by atoms with Gasteiger partial charge in [0.1, 0.15) is 0 Å². The standard InChI is InChI=1S/C13H25N3O2/c1-10(2)15-12(17)7-14-13(18)9-16-6-4-5-11(3)8-16/h10-11H,4-9H2,1-3H3,(H,14,18)(H,15,17)/p+1/t11-/m0/s1. The molecule has 18 heavy (non-hydrogen) atoms. The second-order valence-corrected chi connectivity index (χ2v) is 5.63. The van der Waals surface area contributed by atoms with Crippen molar-refractivity contribution < 1.29 is 14.5 Å². The summed E-state index contributed by atoms with van der Waals surface area (Å²) in [6, 6.07) is 0.114. The van der Waals surface area contributed by atoms with Crippen LogP contribution in [0.2, 0.25) is 0 Å². The number of nitrogens with one attached hydrogen (secondary N) is 3. The van der Waals surface area contributed by atoms with Gasteiger partial charge in [-0.3, -0.25) is 9.59 Å². The van der Waals surface area contributed by atoms with E-state index in [1.807, 2.05) is 13.8 Å². The molecule has 1 unspecified atom stereocenters. The molecule has 2 amide bonds. The summed E-state index contributed by atoms with van der Waals surface area (Å²) in [4.78, 5) is 24.4. The topological polar surface area (TPSA) is 62.6 Å². The van der Waals surface area contributed by atoms with E-state index in [1.54, 1.807) is 0 Å². The van der Waals surface area contributed by atoms with Crippen molar-refractivity contribution in [1.82, 2.24) is 10.6 Å². The fraction of sp³-hybridized carbons (Fsp3) is 0.846. The molecule has 0 bridgehead atoms. The van der Waals surface area contributed by atoms with Crippen molar-refractivity contribution in [1.29, 1.82) is 0 Å². The smallest absolute Gasteiger partial charge is 0.275 e. The lowest BCUT2D eigenvalue weighted by molar-refractivity contribution is -0.900. The van der Waals surface area contributed by atoms with E-state index in [9.17, 15) is 9.59 Å². The summed E-state index contributed by atoms with van der Waals surface area (Å²) < 4.78 is 0. The van der Waals surface area contributed by atoms with E-state index in [4.69, 9.17) is 0 Å². The number of quaternary nitrogens is 1. The van der Waals surface area contributed by atoms with Gasteiger partial charge in [0.2, 0.25) is 5.91 Å². The highest BCUT2D eigenvalue weighted by Crippen LogP contribution is 2.04. The fourth-order valence-corrected chi connectivity index (χ4v) is 2.40. The van der Waals surface area contributed by atoms with Gasteiger partial charge in [0.05, 0.1) is 19.6 Å². The van der Waals surface area contributed by atoms with Crippen molar-refractivity contribution in [2.24, 2.45) is 5.92 Å². The molecule has 1 saturated heterocycles. The summed E-state index contributed by atoms with van der Waals surface area (Å²) >= 11 is 0. The van der Waals surface area contributed by atoms with E-state index in [-0.39, 0.29) is 24.4 Å². The highest BCUT2D eigenvalue weighted by atomic mass is 16.2. The van der Waals surface area contributed by atoms with E-state index >= 15 is 0 Å². The Bertz CT molecular complexity index is 292. The molecule has 3 N–H and O–H groups in total. The lowest BCUT2D eigenvalue weighted by atomic mass is 10.0. The quantitative estimate of drug-likeness (QED) is 0.587. The Balaban J connectivity index is 2.19. The third-order valence-electron chi connectivity index (χ3n) is 3.17. The average molecular weight is 256 g/mol. The number of hydrogen-bond acceptors (Lipinski definition) is 2. The maximum atomic E-state index is 11.7. The molecule has 1 heterocycles. The Hall–Kier alpha value is -1.10. The van der Waals surface area contributed by atoms with Gasteiger partial charge in [-0.05, 0) is 26.7 Å². The van der Waals surface area contributed by atoms with Crippen LogP contribution in [0, 0.1) is 5.92 Å². The monoisotopic (exact) mass is 256 g/mol. The third kappa shape index (κ3) is 6.00. The first-order chi connectivity index (χ1) is 8.47. The Morgan fingerprint density at radius 3 is 2.67 bits per heavy atom. The van der Waals surface area contributed by atoms with Crippen LogP contribution in [0.5, 0.6) is 0 Å². The van der Waals surface area contributed by atoms with Crippen LogP contribution in [0.25, 0.3) is 0 Å². The number of piperidine rings is 1. The predicted octanol–water partition coefficient (Wildman–Crippen LogP) is -1.06. The van der Waals surface area contributed by atoms with Crippen LogP contribution in [0.4, 0.5) is 0 Å². The normalized spacial score (nSPS) is 23.8. The van der Waals surface area contributed by atoms with Gasteiger partial charge >= 0.3 is 0 Å². The summed E-state index contributed by atoms with van der Waals surface area (Å²) in [5, 5.41) is 5.43. The maximum Gasteiger partial charge on any atom is 0.275 e. The van der Waals surface area contributed by atoms with Crippen LogP contribution in [0.3, 0.4) is 0 Å². The molecule has 0 aromatic rings. The van der Waals surface area contributed by atoms with E-state index in [2.05, 4.69) is 17.6 Å². The minimum absolute atomic E-state index is 0.0296. The van der Waals surface area contributed by atoms with Gasteiger partial charge in [-0.15, -0.1) is 0 Å². The molecule has 104 valence electrons. The molecule has 2 atom stereocenters. The zero-order chi connectivity index (χ0) is 13.5. The van der Waals surface area contributed by atoms with E-state index in [1.165, 1.54) is 17.7 Å². The fourth-order valence-electron chi connectivity index (χ4n) is 2.40. The minimum Gasteiger partial charge on any atom is -0.352 e. The zero-order valence-corrected chi connectivity index (χ0v) is 11.7. The van der Waals surface area contributed by atoms with Gasteiger partial charge in [-0.25, -0.2) is 0 Å². The molecule has 0 radical (unpaired) electrons. The van der Waals surface area contributed by atoms with Crippen molar-refractivity contribution in [2.45, 2.75) is 39.7 Å². The molecule has 5 nitrogen and oxygen atoms in total. The summed E-state index contributed by atoms with van der Waals surface area (Å²) in [5.74, 6) is 0.546. The molecule has 1 rings (SSSR count). The molecule has 0 aliphatic carbocycles. The lowest BCUT2D eigenvalue weighted by Gasteiger charge is -2.27. The largest absolute Gasteiger partial charge is 0.352 e. The van der Waals surface area contributed by atoms with E-state index in [0.717, 1.165) is 13.1 Å². The molecule has 0 aromatic heterocycles. The number of carbonyl (C=O) groups excluding carboxylic acids is 2. The number of rotatable bonds is 5. The second kappa shape index (κ2) is 7.36. The van der Waals surface area contributed by atoms with Gasteiger partial charge in [0, 0.05) is 12.0 Å². The molecular weight excluding hydrogens is 230 g/mol. The Labute approximate surface area is 109 Å². The summed E-state index contributed by atoms with van der Waals surface area (Å²) in [5.41, 5.74) is 0. The SMILES string of the molecule is CC(C)NC(=O)CNC(=O)C[NH+]1CCC[C@H](C)C1. The zero-order valence-electron chi connectivity index (χ0n) is 11.7. The number of carbonyl (C=O) groups is 2. The number of amides is 2. The first-order valence-corrected chi connectivity index (χ1v) is 6.87. The molecular formula is C13H26N3O2+. The van der Waals surface area contributed by atoms with Gasteiger partial charge < -0.3 is 15.5 Å². The van der Waals surface area contributed by atoms with Crippen LogP contribution in [0.15, 0.2) is 0 Å². The van der Waals surface area contributed by atoms with Crippen molar-refractivity contribution in [2.75, 3.05) is 26.2 Å². The number of hydrogen-bond donors (Lipinski definition) is 3. The molecule has 0 aromatic carbocycles. The van der Waals surface area contributed by atoms with Crippen LogP contribution in [-0.4, -0.2) is 44.0 Å². The van der Waals surface area contributed by atoms with Crippen molar-refractivity contribution in [3.63, 3.8) is 0 Å². The molecule has 0 spiro atoms. The second-order valence-electron chi connectivity index (χ2n) is 5.63. The highest BCUT2D eigenvalue weighted by Gasteiger charge is 2.21. The van der Waals surface area contributed by atoms with Gasteiger partial charge in [0.25, 0.3) is 5.91 Å².